The molecule has 0 radical (unpaired) electrons. The van der Waals surface area contributed by atoms with E-state index in [1.807, 2.05) is 23.9 Å². The number of fused-ring (bicyclic) bond motifs is 3. The number of carbonyl (C=O) groups is 1. The molecule has 1 aliphatic rings. The minimum Gasteiger partial charge on any atom is -0.465 e. The summed E-state index contributed by atoms with van der Waals surface area (Å²) in [4.78, 5) is 15.1. The van der Waals surface area contributed by atoms with E-state index in [0.29, 0.717) is 5.56 Å². The topological polar surface area (TPSA) is 42.1 Å². The first-order chi connectivity index (χ1) is 8.31. The smallest absolute Gasteiger partial charge is 0.339 e. The van der Waals surface area contributed by atoms with Gasteiger partial charge in [0, 0.05) is 16.8 Å². The Balaban J connectivity index is 2.26. The third kappa shape index (κ3) is 1.63. The summed E-state index contributed by atoms with van der Waals surface area (Å²) < 4.78 is 4.81. The summed E-state index contributed by atoms with van der Waals surface area (Å²) in [7, 11) is 1.42. The molecule has 0 aliphatic carbocycles. The van der Waals surface area contributed by atoms with Gasteiger partial charge in [0.25, 0.3) is 0 Å². The van der Waals surface area contributed by atoms with Crippen molar-refractivity contribution in [3.63, 3.8) is 0 Å². The van der Waals surface area contributed by atoms with Crippen LogP contribution in [0.4, 0.5) is 0 Å². The summed E-state index contributed by atoms with van der Waals surface area (Å²) in [5.41, 5.74) is 4.17. The Bertz CT molecular complexity index is 588. The van der Waals surface area contributed by atoms with Crippen molar-refractivity contribution in [3.05, 3.63) is 35.0 Å². The van der Waals surface area contributed by atoms with Crippen LogP contribution in [-0.4, -0.2) is 23.8 Å². The van der Waals surface area contributed by atoms with Gasteiger partial charge in [-0.05, 0) is 23.8 Å². The summed E-state index contributed by atoms with van der Waals surface area (Å²) in [5.74, 6) is 1.90. The van der Waals surface area contributed by atoms with Gasteiger partial charge in [-0.1, -0.05) is 12.1 Å². The molecule has 1 aliphatic heterocycles. The number of H-pyrrole nitrogens is 1. The number of aromatic nitrogens is 1. The van der Waals surface area contributed by atoms with Crippen molar-refractivity contribution >= 4 is 28.6 Å². The average Bonchev–Trinajstić information content (AvgIpc) is 2.76. The van der Waals surface area contributed by atoms with Crippen molar-refractivity contribution in [1.29, 1.82) is 0 Å². The molecule has 4 heteroatoms. The summed E-state index contributed by atoms with van der Waals surface area (Å²) in [6.07, 6.45) is 1.05. The zero-order valence-electron chi connectivity index (χ0n) is 9.58. The van der Waals surface area contributed by atoms with E-state index in [1.54, 1.807) is 0 Å². The molecule has 3 nitrogen and oxygen atoms in total. The Morgan fingerprint density at radius 3 is 3.18 bits per heavy atom. The van der Waals surface area contributed by atoms with E-state index in [-0.39, 0.29) is 5.97 Å². The molecule has 0 amide bonds. The van der Waals surface area contributed by atoms with Crippen molar-refractivity contribution in [3.8, 4) is 0 Å². The minimum atomic E-state index is -0.276. The summed E-state index contributed by atoms with van der Waals surface area (Å²) in [6.45, 7) is 0. The number of hydrogen-bond acceptors (Lipinski definition) is 3. The molecule has 1 N–H and O–H groups in total. The zero-order chi connectivity index (χ0) is 11.8. The largest absolute Gasteiger partial charge is 0.465 e. The molecular weight excluding hydrogens is 234 g/mol. The van der Waals surface area contributed by atoms with Gasteiger partial charge in [-0.25, -0.2) is 4.79 Å². The van der Waals surface area contributed by atoms with Crippen LogP contribution in [-0.2, 0) is 16.9 Å². The second-order valence-corrected chi connectivity index (χ2v) is 5.21. The van der Waals surface area contributed by atoms with Crippen LogP contribution in [0.2, 0.25) is 0 Å². The number of rotatable bonds is 1. The summed E-state index contributed by atoms with van der Waals surface area (Å²) in [5, 5.41) is 1.16. The molecule has 88 valence electrons. The molecule has 0 saturated heterocycles. The van der Waals surface area contributed by atoms with Crippen LogP contribution in [0.5, 0.6) is 0 Å². The monoisotopic (exact) mass is 247 g/mol. The fourth-order valence-corrected chi connectivity index (χ4v) is 3.36. The molecule has 3 rings (SSSR count). The molecule has 0 spiro atoms. The van der Waals surface area contributed by atoms with Crippen molar-refractivity contribution in [1.82, 2.24) is 4.98 Å². The molecule has 1 aromatic carbocycles. The summed E-state index contributed by atoms with van der Waals surface area (Å²) in [6, 6.07) is 5.80. The number of nitrogens with one attached hydrogen (secondary N) is 1. The predicted octanol–water partition coefficient (Wildman–Crippen LogP) is 2.74. The maximum atomic E-state index is 11.7. The molecule has 0 bridgehead atoms. The number of thioether (sulfide) groups is 1. The maximum absolute atomic E-state index is 11.7. The Morgan fingerprint density at radius 2 is 2.35 bits per heavy atom. The highest BCUT2D eigenvalue weighted by Gasteiger charge is 2.19. The summed E-state index contributed by atoms with van der Waals surface area (Å²) >= 11 is 1.94. The zero-order valence-corrected chi connectivity index (χ0v) is 10.4. The molecular formula is C13H13NO2S. The van der Waals surface area contributed by atoms with Gasteiger partial charge in [-0.2, -0.15) is 11.8 Å². The fourth-order valence-electron chi connectivity index (χ4n) is 2.33. The average molecular weight is 247 g/mol. The van der Waals surface area contributed by atoms with E-state index in [2.05, 4.69) is 11.1 Å². The number of hydrogen-bond donors (Lipinski definition) is 1. The van der Waals surface area contributed by atoms with Crippen molar-refractivity contribution in [2.75, 3.05) is 12.9 Å². The lowest BCUT2D eigenvalue weighted by Crippen LogP contribution is -2.01. The van der Waals surface area contributed by atoms with Gasteiger partial charge < -0.3 is 9.72 Å². The van der Waals surface area contributed by atoms with Crippen LogP contribution in [0.25, 0.3) is 10.9 Å². The van der Waals surface area contributed by atoms with Crippen molar-refractivity contribution in [2.45, 2.75) is 12.2 Å². The SMILES string of the molecule is COC(=O)c1cccc2c3c([nH]c12)CCSC3. The van der Waals surface area contributed by atoms with Gasteiger partial charge in [-0.15, -0.1) is 0 Å². The van der Waals surface area contributed by atoms with Crippen LogP contribution < -0.4 is 0 Å². The lowest BCUT2D eigenvalue weighted by molar-refractivity contribution is 0.0603. The Hall–Kier alpha value is -1.42. The Morgan fingerprint density at radius 1 is 1.47 bits per heavy atom. The molecule has 17 heavy (non-hydrogen) atoms. The van der Waals surface area contributed by atoms with Gasteiger partial charge in [-0.3, -0.25) is 0 Å². The van der Waals surface area contributed by atoms with Crippen LogP contribution >= 0.6 is 11.8 Å². The van der Waals surface area contributed by atoms with Crippen LogP contribution in [0.1, 0.15) is 21.6 Å². The number of methoxy groups -OCH3 is 1. The van der Waals surface area contributed by atoms with E-state index >= 15 is 0 Å². The third-order valence-corrected chi connectivity index (χ3v) is 4.16. The third-order valence-electron chi connectivity index (χ3n) is 3.18. The highest BCUT2D eigenvalue weighted by Crippen LogP contribution is 2.32. The van der Waals surface area contributed by atoms with Gasteiger partial charge in [0.1, 0.15) is 0 Å². The van der Waals surface area contributed by atoms with Crippen LogP contribution in [0.15, 0.2) is 18.2 Å². The lowest BCUT2D eigenvalue weighted by Gasteiger charge is -2.09. The Labute approximate surface area is 104 Å². The van der Waals surface area contributed by atoms with Gasteiger partial charge in [0.2, 0.25) is 0 Å². The quantitative estimate of drug-likeness (QED) is 0.788. The maximum Gasteiger partial charge on any atom is 0.339 e. The predicted molar refractivity (Wildman–Crippen MR) is 69.5 cm³/mol. The molecule has 2 aromatic rings. The van der Waals surface area contributed by atoms with Gasteiger partial charge in [0.05, 0.1) is 18.2 Å². The molecule has 1 aromatic heterocycles. The molecule has 0 fully saturated rings. The second-order valence-electron chi connectivity index (χ2n) is 4.10. The highest BCUT2D eigenvalue weighted by molar-refractivity contribution is 7.98. The first-order valence-corrected chi connectivity index (χ1v) is 6.75. The Kier molecular flexibility index (Phi) is 2.59. The van der Waals surface area contributed by atoms with E-state index in [9.17, 15) is 4.79 Å². The molecule has 0 atom stereocenters. The molecule has 0 saturated carbocycles. The molecule has 2 heterocycles. The lowest BCUT2D eigenvalue weighted by atomic mass is 10.1. The second kappa shape index (κ2) is 4.11. The number of benzene rings is 1. The van der Waals surface area contributed by atoms with Gasteiger partial charge in [0.15, 0.2) is 0 Å². The van der Waals surface area contributed by atoms with Crippen molar-refractivity contribution in [2.24, 2.45) is 0 Å². The first-order valence-electron chi connectivity index (χ1n) is 5.59. The fraction of sp³-hybridized carbons (Fsp3) is 0.308. The van der Waals surface area contributed by atoms with E-state index < -0.39 is 0 Å². The van der Waals surface area contributed by atoms with Crippen molar-refractivity contribution < 1.29 is 9.53 Å². The standard InChI is InChI=1S/C13H13NO2S/c1-16-13(15)9-4-2-3-8-10-7-17-6-5-11(10)14-12(8)9/h2-4,14H,5-7H2,1H3. The molecule has 0 unspecified atom stereocenters. The van der Waals surface area contributed by atoms with Crippen LogP contribution in [0.3, 0.4) is 0 Å². The van der Waals surface area contributed by atoms with Crippen LogP contribution in [0, 0.1) is 0 Å². The number of para-hydroxylation sites is 1. The van der Waals surface area contributed by atoms with E-state index in [0.717, 1.165) is 28.8 Å². The first kappa shape index (κ1) is 10.7. The van der Waals surface area contributed by atoms with E-state index in [1.165, 1.54) is 18.4 Å². The highest BCUT2D eigenvalue weighted by atomic mass is 32.2. The number of esters is 1. The number of carbonyl (C=O) groups excluding carboxylic acids is 1. The number of ether oxygens (including phenoxy) is 1. The van der Waals surface area contributed by atoms with Gasteiger partial charge >= 0.3 is 5.97 Å². The normalized spacial score (nSPS) is 14.6. The number of aryl methyl sites for hydroxylation is 1. The minimum absolute atomic E-state index is 0.276. The number of aromatic amines is 1. The van der Waals surface area contributed by atoms with E-state index in [4.69, 9.17) is 4.74 Å².